The van der Waals surface area contributed by atoms with Gasteiger partial charge in [0.1, 0.15) is 26.4 Å². The predicted molar refractivity (Wildman–Crippen MR) is 286 cm³/mol. The quantitative estimate of drug-likeness (QED) is 0.0161. The Morgan fingerprint density at radius 2 is 1.20 bits per heavy atom. The van der Waals surface area contributed by atoms with Gasteiger partial charge in [-0.3, -0.25) is 28.4 Å². The molecule has 3 N–H and O–H groups in total. The van der Waals surface area contributed by atoms with Gasteiger partial charge in [0.2, 0.25) is 11.8 Å². The summed E-state index contributed by atoms with van der Waals surface area (Å²) in [7, 11) is -4.63. The molecule has 0 saturated carbocycles. The molecule has 0 radical (unpaired) electrons. The van der Waals surface area contributed by atoms with E-state index in [0.29, 0.717) is 38.7 Å². The largest absolute Gasteiger partial charge is 0.475 e. The maximum absolute atomic E-state index is 12.4. The smallest absolute Gasteiger partial charge is 0.472 e. The highest BCUT2D eigenvalue weighted by Gasteiger charge is 2.26. The first-order valence-corrected chi connectivity index (χ1v) is 28.3. The lowest BCUT2D eigenvalue weighted by Gasteiger charge is -2.19. The predicted octanol–water partition coefficient (Wildman–Crippen LogP) is 9.50. The number of nitrogens with one attached hydrogen (secondary N) is 2. The summed E-state index contributed by atoms with van der Waals surface area (Å²) in [6, 6.07) is 19.6. The standard InChI is InChI=1S/C55H80N5O15P/c1-3-4-5-6-7-8-9-10-11-12-13-14-15-16-17-22-54(63)72-41-48(75-44(2)61)42-74-76(65,66)73-32-30-57-55(64)71-38-36-69-43-52(62)56-29-31-67-33-34-68-35-37-70-53-28-27-47(39-59-53)45-23-25-46(26-24-45)51-40-58-49-20-18-19-21-50(49)60-51/h18-21,23-28,39-40,48H,3-17,22,29-38,41-43H2,1-2H3,(H,56,62)(H,57,64)(H,65,66). The van der Waals surface area contributed by atoms with Gasteiger partial charge in [0, 0.05) is 49.8 Å². The third kappa shape index (κ3) is 29.1. The zero-order chi connectivity index (χ0) is 54.3. The van der Waals surface area contributed by atoms with Crippen molar-refractivity contribution in [3.8, 4) is 28.3 Å². The van der Waals surface area contributed by atoms with Crippen molar-refractivity contribution in [2.75, 3.05) is 85.8 Å². The molecule has 2 unspecified atom stereocenters. The second-order valence-corrected chi connectivity index (χ2v) is 19.4. The third-order valence-corrected chi connectivity index (χ3v) is 12.6. The van der Waals surface area contributed by atoms with Crippen LogP contribution in [0.25, 0.3) is 33.4 Å². The van der Waals surface area contributed by atoms with Crippen molar-refractivity contribution in [1.29, 1.82) is 0 Å². The van der Waals surface area contributed by atoms with Gasteiger partial charge in [-0.1, -0.05) is 133 Å². The molecular weight excluding hydrogens is 1000 g/mol. The second-order valence-electron chi connectivity index (χ2n) is 18.0. The zero-order valence-electron chi connectivity index (χ0n) is 44.5. The summed E-state index contributed by atoms with van der Waals surface area (Å²) >= 11 is 0. The number of carbonyl (C=O) groups is 4. The molecule has 2 atom stereocenters. The first kappa shape index (κ1) is 62.9. The molecule has 0 spiro atoms. The molecule has 0 fully saturated rings. The topological polar surface area (TPSA) is 251 Å². The summed E-state index contributed by atoms with van der Waals surface area (Å²) in [6.45, 7) is 3.16. The van der Waals surface area contributed by atoms with E-state index >= 15 is 0 Å². The molecule has 2 aromatic heterocycles. The number of benzene rings is 2. The van der Waals surface area contributed by atoms with Crippen LogP contribution in [-0.4, -0.2) is 136 Å². The normalized spacial score (nSPS) is 12.4. The number of amides is 2. The zero-order valence-corrected chi connectivity index (χ0v) is 45.4. The van der Waals surface area contributed by atoms with E-state index in [1.54, 1.807) is 12.4 Å². The molecule has 2 heterocycles. The third-order valence-electron chi connectivity index (χ3n) is 11.6. The van der Waals surface area contributed by atoms with Gasteiger partial charge in [-0.25, -0.2) is 19.3 Å². The summed E-state index contributed by atoms with van der Waals surface area (Å²) in [6.07, 6.45) is 20.0. The van der Waals surface area contributed by atoms with Crippen molar-refractivity contribution in [2.24, 2.45) is 0 Å². The van der Waals surface area contributed by atoms with E-state index < -0.39 is 45.2 Å². The lowest BCUT2D eigenvalue weighted by atomic mass is 10.0. The molecule has 0 bridgehead atoms. The SMILES string of the molecule is CCCCCCCCCCCCCCCCCC(=O)OCC(COP(=O)(O)OCCNC(=O)OCCOCC(=O)NCCOCCOCCOc1ccc(-c2ccc(-c3cnc4ccccc4n3)cc2)cn1)OC(C)=O. The summed E-state index contributed by atoms with van der Waals surface area (Å²) in [5, 5.41) is 4.99. The van der Waals surface area contributed by atoms with Gasteiger partial charge in [-0.15, -0.1) is 0 Å². The van der Waals surface area contributed by atoms with Crippen LogP contribution in [0, 0.1) is 0 Å². The summed E-state index contributed by atoms with van der Waals surface area (Å²) in [5.41, 5.74) is 5.46. The molecule has 20 nitrogen and oxygen atoms in total. The summed E-state index contributed by atoms with van der Waals surface area (Å²) < 4.78 is 59.4. The molecule has 420 valence electrons. The van der Waals surface area contributed by atoms with E-state index in [0.717, 1.165) is 59.6 Å². The van der Waals surface area contributed by atoms with Gasteiger partial charge in [-0.05, 0) is 30.2 Å². The number of unbranched alkanes of at least 4 members (excludes halogenated alkanes) is 14. The van der Waals surface area contributed by atoms with Gasteiger partial charge >= 0.3 is 25.9 Å². The average molecular weight is 1080 g/mol. The first-order chi connectivity index (χ1) is 37.0. The van der Waals surface area contributed by atoms with E-state index in [4.69, 9.17) is 47.2 Å². The van der Waals surface area contributed by atoms with E-state index in [-0.39, 0.29) is 58.5 Å². The fourth-order valence-corrected chi connectivity index (χ4v) is 8.35. The number of hydrogen-bond acceptors (Lipinski definition) is 17. The van der Waals surface area contributed by atoms with Crippen LogP contribution in [0.5, 0.6) is 5.88 Å². The van der Waals surface area contributed by atoms with Crippen LogP contribution >= 0.6 is 7.82 Å². The van der Waals surface area contributed by atoms with Crippen LogP contribution in [0.3, 0.4) is 0 Å². The lowest BCUT2D eigenvalue weighted by Crippen LogP contribution is -2.32. The Kier molecular flexibility index (Phi) is 32.2. The number of phosphoric acid groups is 1. The van der Waals surface area contributed by atoms with E-state index in [1.807, 2.05) is 60.7 Å². The Morgan fingerprint density at radius 3 is 1.87 bits per heavy atom. The van der Waals surface area contributed by atoms with E-state index in [9.17, 15) is 28.6 Å². The monoisotopic (exact) mass is 1080 g/mol. The number of ether oxygens (including phenoxy) is 7. The number of esters is 2. The minimum Gasteiger partial charge on any atom is -0.475 e. The van der Waals surface area contributed by atoms with Crippen molar-refractivity contribution in [2.45, 2.75) is 123 Å². The molecule has 2 aromatic carbocycles. The Hall–Kier alpha value is -5.60. The number of pyridine rings is 1. The highest BCUT2D eigenvalue weighted by atomic mass is 31.2. The molecule has 0 saturated heterocycles. The fourth-order valence-electron chi connectivity index (χ4n) is 7.59. The van der Waals surface area contributed by atoms with Crippen molar-refractivity contribution in [3.63, 3.8) is 0 Å². The highest BCUT2D eigenvalue weighted by Crippen LogP contribution is 2.43. The number of rotatable bonds is 43. The number of nitrogens with zero attached hydrogens (tertiary/aromatic N) is 3. The number of hydrogen-bond donors (Lipinski definition) is 3. The molecule has 0 aliphatic heterocycles. The van der Waals surface area contributed by atoms with Crippen molar-refractivity contribution in [3.05, 3.63) is 73.1 Å². The number of para-hydroxylation sites is 2. The van der Waals surface area contributed by atoms with Gasteiger partial charge in [0.25, 0.3) is 0 Å². The van der Waals surface area contributed by atoms with Gasteiger partial charge < -0.3 is 48.7 Å². The van der Waals surface area contributed by atoms with E-state index in [2.05, 4.69) is 27.5 Å². The second kappa shape index (κ2) is 38.9. The molecule has 76 heavy (non-hydrogen) atoms. The fraction of sp³-hybridized carbons (Fsp3) is 0.582. The number of aromatic nitrogens is 3. The summed E-state index contributed by atoms with van der Waals surface area (Å²) in [5.74, 6) is -1.06. The number of alkyl carbamates (subject to hydrolysis) is 1. The molecular formula is C55H80N5O15P. The van der Waals surface area contributed by atoms with Crippen LogP contribution in [0.1, 0.15) is 117 Å². The molecule has 0 aliphatic carbocycles. The number of phosphoric ester groups is 1. The maximum Gasteiger partial charge on any atom is 0.472 e. The molecule has 2 amide bonds. The van der Waals surface area contributed by atoms with Crippen LogP contribution in [0.4, 0.5) is 4.79 Å². The Bertz CT molecular complexity index is 2290. The van der Waals surface area contributed by atoms with Crippen LogP contribution in [0.15, 0.2) is 73.1 Å². The molecule has 4 rings (SSSR count). The van der Waals surface area contributed by atoms with Crippen LogP contribution in [0.2, 0.25) is 0 Å². The van der Waals surface area contributed by atoms with Gasteiger partial charge in [0.05, 0.1) is 69.2 Å². The maximum atomic E-state index is 12.4. The van der Waals surface area contributed by atoms with Crippen molar-refractivity contribution < 1.29 is 70.8 Å². The molecule has 21 heteroatoms. The Balaban J connectivity index is 0.902. The summed E-state index contributed by atoms with van der Waals surface area (Å²) in [4.78, 5) is 71.6. The Morgan fingerprint density at radius 1 is 0.592 bits per heavy atom. The lowest BCUT2D eigenvalue weighted by molar-refractivity contribution is -0.159. The van der Waals surface area contributed by atoms with Crippen LogP contribution in [-0.2, 0) is 56.4 Å². The average Bonchev–Trinajstić information content (AvgIpc) is 3.42. The van der Waals surface area contributed by atoms with Crippen LogP contribution < -0.4 is 15.4 Å². The first-order valence-electron chi connectivity index (χ1n) is 26.8. The van der Waals surface area contributed by atoms with Gasteiger partial charge in [0.15, 0.2) is 6.10 Å². The number of carbonyl (C=O) groups excluding carboxylic acids is 4. The number of fused-ring (bicyclic) bond motifs is 1. The molecule has 4 aromatic rings. The minimum absolute atomic E-state index is 0.0624. The van der Waals surface area contributed by atoms with Crippen molar-refractivity contribution >= 4 is 42.8 Å². The van der Waals surface area contributed by atoms with Crippen molar-refractivity contribution in [1.82, 2.24) is 25.6 Å². The van der Waals surface area contributed by atoms with Gasteiger partial charge in [-0.2, -0.15) is 0 Å². The molecule has 0 aliphatic rings. The highest BCUT2D eigenvalue weighted by molar-refractivity contribution is 7.47. The minimum atomic E-state index is -4.63. The Labute approximate surface area is 447 Å². The van der Waals surface area contributed by atoms with E-state index in [1.165, 1.54) is 70.6 Å².